The Labute approximate surface area is 112 Å². The molecule has 104 valence electrons. The van der Waals surface area contributed by atoms with E-state index in [9.17, 15) is 4.79 Å². The summed E-state index contributed by atoms with van der Waals surface area (Å²) in [4.78, 5) is 22.0. The van der Waals surface area contributed by atoms with Crippen LogP contribution >= 0.6 is 0 Å². The van der Waals surface area contributed by atoms with Gasteiger partial charge in [0, 0.05) is 19.3 Å². The molecule has 0 atom stereocenters. The minimum atomic E-state index is -0.240. The molecular formula is C12H19N5O2. The zero-order chi connectivity index (χ0) is 13.7. The molecule has 7 nitrogen and oxygen atoms in total. The van der Waals surface area contributed by atoms with E-state index in [1.807, 2.05) is 0 Å². The van der Waals surface area contributed by atoms with E-state index in [1.54, 1.807) is 0 Å². The first-order valence-corrected chi connectivity index (χ1v) is 6.38. The van der Waals surface area contributed by atoms with E-state index in [0.717, 1.165) is 19.6 Å². The highest BCUT2D eigenvalue weighted by Gasteiger charge is 2.15. The highest BCUT2D eigenvalue weighted by atomic mass is 16.5. The summed E-state index contributed by atoms with van der Waals surface area (Å²) in [5, 5.41) is 2.84. The Balaban J connectivity index is 1.88. The van der Waals surface area contributed by atoms with Crippen LogP contribution in [0.5, 0.6) is 5.88 Å². The van der Waals surface area contributed by atoms with Gasteiger partial charge in [-0.3, -0.25) is 4.79 Å². The van der Waals surface area contributed by atoms with E-state index in [0.29, 0.717) is 12.1 Å². The third-order valence-corrected chi connectivity index (χ3v) is 3.12. The van der Waals surface area contributed by atoms with Crippen LogP contribution in [-0.4, -0.2) is 54.1 Å². The van der Waals surface area contributed by atoms with Crippen molar-refractivity contribution in [3.63, 3.8) is 0 Å². The first-order chi connectivity index (χ1) is 9.20. The number of rotatable bonds is 5. The lowest BCUT2D eigenvalue weighted by atomic mass is 10.3. The second-order valence-electron chi connectivity index (χ2n) is 4.46. The first kappa shape index (κ1) is 13.5. The Morgan fingerprint density at radius 3 is 2.95 bits per heavy atom. The highest BCUT2D eigenvalue weighted by Crippen LogP contribution is 2.14. The van der Waals surface area contributed by atoms with Crippen molar-refractivity contribution in [2.45, 2.75) is 12.8 Å². The van der Waals surface area contributed by atoms with Crippen LogP contribution < -0.4 is 15.8 Å². The molecule has 1 fully saturated rings. The quantitative estimate of drug-likeness (QED) is 0.771. The van der Waals surface area contributed by atoms with E-state index in [1.165, 1.54) is 26.1 Å². The van der Waals surface area contributed by atoms with E-state index in [4.69, 9.17) is 10.5 Å². The molecule has 19 heavy (non-hydrogen) atoms. The van der Waals surface area contributed by atoms with Crippen LogP contribution in [-0.2, 0) is 0 Å². The molecule has 1 saturated heterocycles. The van der Waals surface area contributed by atoms with Gasteiger partial charge in [-0.15, -0.1) is 0 Å². The lowest BCUT2D eigenvalue weighted by Gasteiger charge is -2.15. The molecule has 0 radical (unpaired) electrons. The average Bonchev–Trinajstić information content (AvgIpc) is 2.91. The van der Waals surface area contributed by atoms with Crippen LogP contribution in [0.4, 0.5) is 5.95 Å². The molecule has 1 aromatic heterocycles. The van der Waals surface area contributed by atoms with Gasteiger partial charge in [0.2, 0.25) is 11.8 Å². The van der Waals surface area contributed by atoms with E-state index in [-0.39, 0.29) is 17.7 Å². The molecule has 0 spiro atoms. The van der Waals surface area contributed by atoms with Crippen molar-refractivity contribution in [2.24, 2.45) is 0 Å². The second-order valence-corrected chi connectivity index (χ2v) is 4.46. The number of hydrogen-bond donors (Lipinski definition) is 2. The van der Waals surface area contributed by atoms with E-state index < -0.39 is 0 Å². The number of anilines is 1. The molecule has 1 aliphatic rings. The van der Waals surface area contributed by atoms with Gasteiger partial charge in [-0.05, 0) is 25.9 Å². The summed E-state index contributed by atoms with van der Waals surface area (Å²) in [6.45, 7) is 3.70. The van der Waals surface area contributed by atoms with Gasteiger partial charge < -0.3 is 20.7 Å². The molecule has 0 unspecified atom stereocenters. The van der Waals surface area contributed by atoms with E-state index >= 15 is 0 Å². The molecule has 2 rings (SSSR count). The normalized spacial score (nSPS) is 15.4. The van der Waals surface area contributed by atoms with Gasteiger partial charge in [0.05, 0.1) is 7.11 Å². The fourth-order valence-corrected chi connectivity index (χ4v) is 2.12. The predicted octanol–water partition coefficient (Wildman–Crippen LogP) is -0.107. The van der Waals surface area contributed by atoms with Crippen molar-refractivity contribution >= 4 is 11.9 Å². The number of amides is 1. The number of aromatic nitrogens is 2. The number of nitrogen functional groups attached to an aromatic ring is 1. The Morgan fingerprint density at radius 2 is 2.26 bits per heavy atom. The van der Waals surface area contributed by atoms with Crippen molar-refractivity contribution in [3.8, 4) is 5.88 Å². The number of carbonyl (C=O) groups is 1. The molecule has 2 heterocycles. The first-order valence-electron chi connectivity index (χ1n) is 6.38. The predicted molar refractivity (Wildman–Crippen MR) is 71.0 cm³/mol. The summed E-state index contributed by atoms with van der Waals surface area (Å²) >= 11 is 0. The number of ether oxygens (including phenoxy) is 1. The molecule has 1 amide bonds. The number of carbonyl (C=O) groups excluding carboxylic acids is 1. The van der Waals surface area contributed by atoms with Crippen LogP contribution in [0.1, 0.15) is 23.2 Å². The number of likely N-dealkylation sites (tertiary alicyclic amines) is 1. The summed E-state index contributed by atoms with van der Waals surface area (Å²) in [7, 11) is 1.45. The minimum Gasteiger partial charge on any atom is -0.480 e. The number of nitrogens with one attached hydrogen (secondary N) is 1. The molecule has 7 heteroatoms. The highest BCUT2D eigenvalue weighted by molar-refractivity contribution is 5.96. The topological polar surface area (TPSA) is 93.4 Å². The van der Waals surface area contributed by atoms with Crippen LogP contribution in [0.2, 0.25) is 0 Å². The molecule has 0 aliphatic carbocycles. The van der Waals surface area contributed by atoms with Crippen molar-refractivity contribution in [1.82, 2.24) is 20.2 Å². The monoisotopic (exact) mass is 265 g/mol. The third kappa shape index (κ3) is 3.54. The van der Waals surface area contributed by atoms with Gasteiger partial charge in [-0.1, -0.05) is 0 Å². The van der Waals surface area contributed by atoms with Gasteiger partial charge in [0.1, 0.15) is 5.56 Å². The van der Waals surface area contributed by atoms with Crippen molar-refractivity contribution in [3.05, 3.63) is 11.8 Å². The summed E-state index contributed by atoms with van der Waals surface area (Å²) in [5.74, 6) is 0.0488. The number of methoxy groups -OCH3 is 1. The Kier molecular flexibility index (Phi) is 4.51. The molecule has 1 aromatic rings. The van der Waals surface area contributed by atoms with Crippen molar-refractivity contribution < 1.29 is 9.53 Å². The van der Waals surface area contributed by atoms with Crippen molar-refractivity contribution in [1.29, 1.82) is 0 Å². The van der Waals surface area contributed by atoms with Crippen LogP contribution in [0, 0.1) is 0 Å². The number of hydrogen-bond acceptors (Lipinski definition) is 6. The van der Waals surface area contributed by atoms with Gasteiger partial charge in [0.15, 0.2) is 0 Å². The lowest BCUT2D eigenvalue weighted by Crippen LogP contribution is -2.33. The number of nitrogens with two attached hydrogens (primary N) is 1. The Hall–Kier alpha value is -1.89. The van der Waals surface area contributed by atoms with Gasteiger partial charge >= 0.3 is 0 Å². The Morgan fingerprint density at radius 1 is 1.53 bits per heavy atom. The largest absolute Gasteiger partial charge is 0.480 e. The third-order valence-electron chi connectivity index (χ3n) is 3.12. The zero-order valence-corrected chi connectivity index (χ0v) is 11.1. The summed E-state index contributed by atoms with van der Waals surface area (Å²) < 4.78 is 5.02. The fraction of sp³-hybridized carbons (Fsp3) is 0.583. The molecule has 0 aromatic carbocycles. The van der Waals surface area contributed by atoms with Crippen molar-refractivity contribution in [2.75, 3.05) is 39.0 Å². The van der Waals surface area contributed by atoms with Gasteiger partial charge in [0.25, 0.3) is 5.91 Å². The second kappa shape index (κ2) is 6.33. The van der Waals surface area contributed by atoms with Crippen LogP contribution in [0.15, 0.2) is 6.20 Å². The molecule has 0 saturated carbocycles. The molecule has 0 bridgehead atoms. The van der Waals surface area contributed by atoms with E-state index in [2.05, 4.69) is 20.2 Å². The Bertz CT molecular complexity index is 446. The zero-order valence-electron chi connectivity index (χ0n) is 11.1. The lowest BCUT2D eigenvalue weighted by molar-refractivity contribution is 0.0945. The minimum absolute atomic E-state index is 0.0884. The maximum Gasteiger partial charge on any atom is 0.258 e. The standard InChI is InChI=1S/C12H19N5O2/c1-19-11-9(8-15-12(13)16-11)10(18)14-4-7-17-5-2-3-6-17/h8H,2-7H2,1H3,(H,14,18)(H2,13,15,16). The fourth-order valence-electron chi connectivity index (χ4n) is 2.12. The van der Waals surface area contributed by atoms with Crippen LogP contribution in [0.3, 0.4) is 0 Å². The smallest absolute Gasteiger partial charge is 0.258 e. The molecule has 1 aliphatic heterocycles. The summed E-state index contributed by atoms with van der Waals surface area (Å²) in [5.41, 5.74) is 5.75. The van der Waals surface area contributed by atoms with Crippen LogP contribution in [0.25, 0.3) is 0 Å². The summed E-state index contributed by atoms with van der Waals surface area (Å²) in [6, 6.07) is 0. The van der Waals surface area contributed by atoms with Gasteiger partial charge in [-0.25, -0.2) is 4.98 Å². The molecule has 3 N–H and O–H groups in total. The molecular weight excluding hydrogens is 246 g/mol. The van der Waals surface area contributed by atoms with Gasteiger partial charge in [-0.2, -0.15) is 4.98 Å². The summed E-state index contributed by atoms with van der Waals surface area (Å²) in [6.07, 6.45) is 3.87. The number of nitrogens with zero attached hydrogens (tertiary/aromatic N) is 3. The maximum atomic E-state index is 12.0. The average molecular weight is 265 g/mol. The SMILES string of the molecule is COc1nc(N)ncc1C(=O)NCCN1CCCC1. The maximum absolute atomic E-state index is 12.0.